The number of amides is 2. The highest BCUT2D eigenvalue weighted by Gasteiger charge is 2.24. The number of rotatable bonds is 5. The zero-order valence-electron chi connectivity index (χ0n) is 16.6. The molecule has 4 heteroatoms. The van der Waals surface area contributed by atoms with E-state index < -0.39 is 0 Å². The van der Waals surface area contributed by atoms with Crippen molar-refractivity contribution in [1.82, 2.24) is 15.1 Å². The van der Waals surface area contributed by atoms with Gasteiger partial charge in [0.2, 0.25) is 0 Å². The lowest BCUT2D eigenvalue weighted by Crippen LogP contribution is -2.52. The molecule has 1 heterocycles. The monoisotopic (exact) mass is 385 g/mol. The minimum Gasteiger partial charge on any atom is -0.327 e. The van der Waals surface area contributed by atoms with Gasteiger partial charge < -0.3 is 10.2 Å². The van der Waals surface area contributed by atoms with Crippen molar-refractivity contribution in [3.8, 4) is 0 Å². The van der Waals surface area contributed by atoms with Gasteiger partial charge >= 0.3 is 6.03 Å². The highest BCUT2D eigenvalue weighted by Crippen LogP contribution is 2.22. The first-order chi connectivity index (χ1) is 14.3. The lowest BCUT2D eigenvalue weighted by molar-refractivity contribution is 0.134. The first kappa shape index (κ1) is 19.2. The molecule has 0 aliphatic carbocycles. The zero-order chi connectivity index (χ0) is 19.9. The number of urea groups is 1. The SMILES string of the molecule is O=C(NC(c1ccccc1)c1ccccc1)N1CCN(Cc2ccccc2)CC1. The van der Waals surface area contributed by atoms with Gasteiger partial charge in [-0.2, -0.15) is 0 Å². The van der Waals surface area contributed by atoms with Crippen molar-refractivity contribution in [2.75, 3.05) is 26.2 Å². The molecule has 0 aromatic heterocycles. The van der Waals surface area contributed by atoms with Crippen LogP contribution in [0.5, 0.6) is 0 Å². The Morgan fingerprint density at radius 1 is 0.724 bits per heavy atom. The second-order valence-electron chi connectivity index (χ2n) is 7.45. The number of piperazine rings is 1. The van der Waals surface area contributed by atoms with Crippen molar-refractivity contribution in [2.45, 2.75) is 12.6 Å². The molecule has 0 saturated carbocycles. The minimum absolute atomic E-state index is 0.00191. The predicted octanol–water partition coefficient (Wildman–Crippen LogP) is 4.30. The quantitative estimate of drug-likeness (QED) is 0.711. The summed E-state index contributed by atoms with van der Waals surface area (Å²) >= 11 is 0. The van der Waals surface area contributed by atoms with E-state index in [1.54, 1.807) is 0 Å². The fourth-order valence-electron chi connectivity index (χ4n) is 3.82. The molecule has 1 N–H and O–H groups in total. The molecule has 0 spiro atoms. The number of hydrogen-bond donors (Lipinski definition) is 1. The average Bonchev–Trinajstić information content (AvgIpc) is 2.80. The van der Waals surface area contributed by atoms with Crippen molar-refractivity contribution in [3.05, 3.63) is 108 Å². The lowest BCUT2D eigenvalue weighted by atomic mass is 9.99. The van der Waals surface area contributed by atoms with Gasteiger partial charge in [-0.1, -0.05) is 91.0 Å². The van der Waals surface area contributed by atoms with Gasteiger partial charge in [0.1, 0.15) is 0 Å². The molecule has 1 aliphatic heterocycles. The summed E-state index contributed by atoms with van der Waals surface area (Å²) < 4.78 is 0. The smallest absolute Gasteiger partial charge is 0.318 e. The Labute approximate surface area is 172 Å². The van der Waals surface area contributed by atoms with Crippen LogP contribution in [0.25, 0.3) is 0 Å². The third kappa shape index (κ3) is 5.04. The fourth-order valence-corrected chi connectivity index (χ4v) is 3.82. The second kappa shape index (κ2) is 9.39. The van der Waals surface area contributed by atoms with Gasteiger partial charge in [-0.05, 0) is 16.7 Å². The summed E-state index contributed by atoms with van der Waals surface area (Å²) in [7, 11) is 0. The maximum atomic E-state index is 13.0. The van der Waals surface area contributed by atoms with Gasteiger partial charge in [-0.3, -0.25) is 4.90 Å². The lowest BCUT2D eigenvalue weighted by Gasteiger charge is -2.35. The Morgan fingerprint density at radius 2 is 1.21 bits per heavy atom. The molecule has 4 nitrogen and oxygen atoms in total. The van der Waals surface area contributed by atoms with Crippen LogP contribution < -0.4 is 5.32 Å². The Kier molecular flexibility index (Phi) is 6.22. The van der Waals surface area contributed by atoms with Crippen LogP contribution in [0.1, 0.15) is 22.7 Å². The van der Waals surface area contributed by atoms with Crippen molar-refractivity contribution < 1.29 is 4.79 Å². The number of benzene rings is 3. The van der Waals surface area contributed by atoms with Crippen molar-refractivity contribution in [3.63, 3.8) is 0 Å². The number of nitrogens with one attached hydrogen (secondary N) is 1. The Bertz CT molecular complexity index is 852. The topological polar surface area (TPSA) is 35.6 Å². The molecule has 0 radical (unpaired) electrons. The van der Waals surface area contributed by atoms with Gasteiger partial charge in [0.15, 0.2) is 0 Å². The zero-order valence-corrected chi connectivity index (χ0v) is 16.6. The summed E-state index contributed by atoms with van der Waals surface area (Å²) in [5.74, 6) is 0. The standard InChI is InChI=1S/C25H27N3O/c29-25(28-18-16-27(17-19-28)20-21-10-4-1-5-11-21)26-24(22-12-6-2-7-13-22)23-14-8-3-9-15-23/h1-15,24H,16-20H2,(H,26,29). The summed E-state index contributed by atoms with van der Waals surface area (Å²) in [5.41, 5.74) is 3.50. The maximum Gasteiger partial charge on any atom is 0.318 e. The third-order valence-electron chi connectivity index (χ3n) is 5.44. The van der Waals surface area contributed by atoms with Gasteiger partial charge in [0.25, 0.3) is 0 Å². The van der Waals surface area contributed by atoms with E-state index in [2.05, 4.69) is 58.7 Å². The molecule has 0 unspecified atom stereocenters. The van der Waals surface area contributed by atoms with Crippen LogP contribution in [0.4, 0.5) is 4.79 Å². The summed E-state index contributed by atoms with van der Waals surface area (Å²) in [4.78, 5) is 17.4. The molecule has 0 atom stereocenters. The van der Waals surface area contributed by atoms with E-state index in [1.807, 2.05) is 47.4 Å². The van der Waals surface area contributed by atoms with E-state index in [9.17, 15) is 4.79 Å². The number of carbonyl (C=O) groups is 1. The Hall–Kier alpha value is -3.11. The number of hydrogen-bond acceptors (Lipinski definition) is 2. The van der Waals surface area contributed by atoms with Gasteiger partial charge in [-0.15, -0.1) is 0 Å². The van der Waals surface area contributed by atoms with E-state index in [0.29, 0.717) is 0 Å². The van der Waals surface area contributed by atoms with Crippen molar-refractivity contribution in [1.29, 1.82) is 0 Å². The van der Waals surface area contributed by atoms with E-state index >= 15 is 0 Å². The summed E-state index contributed by atoms with van der Waals surface area (Å²) in [5, 5.41) is 3.25. The molecule has 4 rings (SSSR count). The highest BCUT2D eigenvalue weighted by molar-refractivity contribution is 5.75. The molecule has 3 aromatic rings. The molecule has 0 bridgehead atoms. The fraction of sp³-hybridized carbons (Fsp3) is 0.240. The van der Waals surface area contributed by atoms with Crippen LogP contribution in [0, 0.1) is 0 Å². The molecule has 2 amide bonds. The molecule has 148 valence electrons. The van der Waals surface area contributed by atoms with Gasteiger partial charge in [0.05, 0.1) is 6.04 Å². The molecule has 3 aromatic carbocycles. The first-order valence-electron chi connectivity index (χ1n) is 10.2. The van der Waals surface area contributed by atoms with Gasteiger partial charge in [-0.25, -0.2) is 4.79 Å². The van der Waals surface area contributed by atoms with Crippen LogP contribution in [0.3, 0.4) is 0 Å². The number of carbonyl (C=O) groups excluding carboxylic acids is 1. The molecule has 1 aliphatic rings. The van der Waals surface area contributed by atoms with E-state index in [-0.39, 0.29) is 12.1 Å². The number of nitrogens with zero attached hydrogens (tertiary/aromatic N) is 2. The molecule has 1 fully saturated rings. The minimum atomic E-state index is -0.146. The van der Waals surface area contributed by atoms with Crippen LogP contribution >= 0.6 is 0 Å². The molecule has 29 heavy (non-hydrogen) atoms. The first-order valence-corrected chi connectivity index (χ1v) is 10.2. The van der Waals surface area contributed by atoms with Crippen LogP contribution in [0.15, 0.2) is 91.0 Å². The summed E-state index contributed by atoms with van der Waals surface area (Å²) in [6.07, 6.45) is 0. The highest BCUT2D eigenvalue weighted by atomic mass is 16.2. The molecule has 1 saturated heterocycles. The molecular formula is C25H27N3O. The summed E-state index contributed by atoms with van der Waals surface area (Å²) in [6, 6.07) is 30.7. The van der Waals surface area contributed by atoms with Crippen LogP contribution in [-0.4, -0.2) is 42.0 Å². The normalized spacial score (nSPS) is 14.7. The van der Waals surface area contributed by atoms with E-state index in [4.69, 9.17) is 0 Å². The Balaban J connectivity index is 1.39. The average molecular weight is 386 g/mol. The third-order valence-corrected chi connectivity index (χ3v) is 5.44. The Morgan fingerprint density at radius 3 is 1.72 bits per heavy atom. The summed E-state index contributed by atoms with van der Waals surface area (Å²) in [6.45, 7) is 4.21. The van der Waals surface area contributed by atoms with Crippen molar-refractivity contribution in [2.24, 2.45) is 0 Å². The van der Waals surface area contributed by atoms with E-state index in [1.165, 1.54) is 5.56 Å². The largest absolute Gasteiger partial charge is 0.327 e. The van der Waals surface area contributed by atoms with Crippen LogP contribution in [-0.2, 0) is 6.54 Å². The van der Waals surface area contributed by atoms with Crippen LogP contribution in [0.2, 0.25) is 0 Å². The van der Waals surface area contributed by atoms with Crippen molar-refractivity contribution >= 4 is 6.03 Å². The van der Waals surface area contributed by atoms with Gasteiger partial charge in [0, 0.05) is 32.7 Å². The second-order valence-corrected chi connectivity index (χ2v) is 7.45. The molecular weight excluding hydrogens is 358 g/mol. The predicted molar refractivity (Wildman–Crippen MR) is 117 cm³/mol. The van der Waals surface area contributed by atoms with E-state index in [0.717, 1.165) is 43.9 Å². The maximum absolute atomic E-state index is 13.0.